The summed E-state index contributed by atoms with van der Waals surface area (Å²) < 4.78 is 0. The van der Waals surface area contributed by atoms with Gasteiger partial charge in [-0.05, 0) is 35.9 Å². The Balaban J connectivity index is 2.11. The Hall–Kier alpha value is -2.19. The fraction of sp³-hybridized carbons (Fsp3) is 0. The lowest BCUT2D eigenvalue weighted by Crippen LogP contribution is -2.39. The van der Waals surface area contributed by atoms with Crippen LogP contribution in [0.1, 0.15) is 15.9 Å². The van der Waals surface area contributed by atoms with Gasteiger partial charge in [-0.3, -0.25) is 4.79 Å². The van der Waals surface area contributed by atoms with Crippen LogP contribution in [0.3, 0.4) is 0 Å². The number of hydrogen-bond donors (Lipinski definition) is 1. The Kier molecular flexibility index (Phi) is 3.48. The highest BCUT2D eigenvalue weighted by Gasteiger charge is 1.99. The van der Waals surface area contributed by atoms with Crippen molar-refractivity contribution in [2.45, 2.75) is 0 Å². The first-order valence-electron chi connectivity index (χ1n) is 5.45. The van der Waals surface area contributed by atoms with Crippen molar-refractivity contribution in [3.8, 4) is 0 Å². The van der Waals surface area contributed by atoms with Crippen LogP contribution in [-0.2, 0) is 0 Å². The van der Waals surface area contributed by atoms with Crippen molar-refractivity contribution in [3.63, 3.8) is 0 Å². The van der Waals surface area contributed by atoms with Gasteiger partial charge in [0.1, 0.15) is 5.69 Å². The molecule has 0 saturated heterocycles. The molecule has 0 aromatic heterocycles. The van der Waals surface area contributed by atoms with Crippen LogP contribution in [-0.4, -0.2) is 5.78 Å². The van der Waals surface area contributed by atoms with E-state index >= 15 is 0 Å². The summed E-state index contributed by atoms with van der Waals surface area (Å²) in [6, 6.07) is 17.0. The van der Waals surface area contributed by atoms with Gasteiger partial charge in [-0.2, -0.15) is 0 Å². The molecule has 0 atom stereocenters. The number of carbonyl (C=O) groups excluding carboxylic acids is 1. The number of carbonyl (C=O) groups is 1. The molecular weight excluding hydrogens is 210 g/mol. The molecule has 0 fully saturated rings. The first-order chi connectivity index (χ1) is 8.25. The van der Waals surface area contributed by atoms with Crippen LogP contribution in [0.5, 0.6) is 0 Å². The number of rotatable bonds is 3. The Morgan fingerprint density at radius 3 is 2.24 bits per heavy atom. The van der Waals surface area contributed by atoms with Crippen molar-refractivity contribution in [1.82, 2.24) is 0 Å². The quantitative estimate of drug-likeness (QED) is 0.631. The van der Waals surface area contributed by atoms with E-state index < -0.39 is 0 Å². The van der Waals surface area contributed by atoms with Crippen LogP contribution in [0.4, 0.5) is 5.69 Å². The van der Waals surface area contributed by atoms with Gasteiger partial charge in [0, 0.05) is 5.56 Å². The third-order valence-corrected chi connectivity index (χ3v) is 2.47. The first-order valence-corrected chi connectivity index (χ1v) is 5.45. The van der Waals surface area contributed by atoms with Crippen molar-refractivity contribution in [3.05, 3.63) is 71.8 Å². The minimum Gasteiger partial charge on any atom is -0.325 e. The molecule has 0 unspecified atom stereocenters. The summed E-state index contributed by atoms with van der Waals surface area (Å²) in [7, 11) is 0. The van der Waals surface area contributed by atoms with E-state index in [-0.39, 0.29) is 5.78 Å². The number of ketones is 1. The summed E-state index contributed by atoms with van der Waals surface area (Å²) in [6.07, 6.45) is 3.40. The van der Waals surface area contributed by atoms with Crippen LogP contribution in [0, 0.1) is 0 Å². The van der Waals surface area contributed by atoms with E-state index in [1.54, 1.807) is 6.08 Å². The number of benzene rings is 2. The molecule has 2 aromatic carbocycles. The van der Waals surface area contributed by atoms with Crippen LogP contribution >= 0.6 is 0 Å². The van der Waals surface area contributed by atoms with E-state index in [1.165, 1.54) is 0 Å². The van der Waals surface area contributed by atoms with E-state index in [4.69, 9.17) is 0 Å². The molecule has 0 radical (unpaired) electrons. The lowest BCUT2D eigenvalue weighted by Gasteiger charge is -1.95. The Morgan fingerprint density at radius 2 is 1.59 bits per heavy atom. The summed E-state index contributed by atoms with van der Waals surface area (Å²) in [4.78, 5) is 11.8. The van der Waals surface area contributed by atoms with E-state index in [0.717, 1.165) is 11.3 Å². The van der Waals surface area contributed by atoms with Gasteiger partial charge in [0.15, 0.2) is 5.78 Å². The van der Waals surface area contributed by atoms with Crippen molar-refractivity contribution in [2.75, 3.05) is 0 Å². The third-order valence-electron chi connectivity index (χ3n) is 2.47. The fourth-order valence-corrected chi connectivity index (χ4v) is 1.50. The van der Waals surface area contributed by atoms with Gasteiger partial charge < -0.3 is 5.73 Å². The molecule has 0 spiro atoms. The molecule has 2 aromatic rings. The van der Waals surface area contributed by atoms with Gasteiger partial charge in [-0.25, -0.2) is 0 Å². The van der Waals surface area contributed by atoms with Crippen LogP contribution in [0.2, 0.25) is 0 Å². The van der Waals surface area contributed by atoms with E-state index in [9.17, 15) is 4.79 Å². The molecule has 2 heteroatoms. The molecule has 0 saturated carbocycles. The predicted molar refractivity (Wildman–Crippen MR) is 68.8 cm³/mol. The first kappa shape index (κ1) is 11.3. The SMILES string of the molecule is [NH3+]c1ccc(C=CC(=O)c2ccccc2)cc1. The molecular formula is C15H14NO+. The monoisotopic (exact) mass is 224 g/mol. The summed E-state index contributed by atoms with van der Waals surface area (Å²) in [5.74, 6) is 0.0179. The van der Waals surface area contributed by atoms with E-state index in [2.05, 4.69) is 5.73 Å². The maximum absolute atomic E-state index is 11.8. The highest BCUT2D eigenvalue weighted by molar-refractivity contribution is 6.06. The van der Waals surface area contributed by atoms with Gasteiger partial charge in [-0.1, -0.05) is 36.4 Å². The van der Waals surface area contributed by atoms with Crippen LogP contribution in [0.15, 0.2) is 60.7 Å². The second-order valence-electron chi connectivity index (χ2n) is 3.81. The molecule has 0 aliphatic rings. The van der Waals surface area contributed by atoms with Crippen molar-refractivity contribution >= 4 is 17.5 Å². The molecule has 2 rings (SSSR count). The van der Waals surface area contributed by atoms with Gasteiger partial charge >= 0.3 is 0 Å². The van der Waals surface area contributed by atoms with Crippen molar-refractivity contribution in [1.29, 1.82) is 0 Å². The largest absolute Gasteiger partial charge is 0.325 e. The standard InChI is InChI=1S/C15H13NO/c16-14-9-6-12(7-10-14)8-11-15(17)13-4-2-1-3-5-13/h1-11H,16H2/p+1. The zero-order valence-corrected chi connectivity index (χ0v) is 9.47. The minimum absolute atomic E-state index is 0.0179. The Labute approximate surface area is 100 Å². The molecule has 3 N–H and O–H groups in total. The molecule has 0 aliphatic carbocycles. The van der Waals surface area contributed by atoms with Gasteiger partial charge in [0.05, 0.1) is 0 Å². The van der Waals surface area contributed by atoms with Gasteiger partial charge in [-0.15, -0.1) is 0 Å². The number of hydrogen-bond acceptors (Lipinski definition) is 1. The predicted octanol–water partition coefficient (Wildman–Crippen LogP) is 2.46. The second kappa shape index (κ2) is 5.23. The molecule has 17 heavy (non-hydrogen) atoms. The van der Waals surface area contributed by atoms with E-state index in [0.29, 0.717) is 5.56 Å². The summed E-state index contributed by atoms with van der Waals surface area (Å²) >= 11 is 0. The number of allylic oxidation sites excluding steroid dienone is 1. The van der Waals surface area contributed by atoms with Gasteiger partial charge in [0.25, 0.3) is 0 Å². The Bertz CT molecular complexity index is 527. The summed E-state index contributed by atoms with van der Waals surface area (Å²) in [5, 5.41) is 0. The average molecular weight is 224 g/mol. The molecule has 0 heterocycles. The molecule has 84 valence electrons. The topological polar surface area (TPSA) is 44.7 Å². The lowest BCUT2D eigenvalue weighted by atomic mass is 10.1. The smallest absolute Gasteiger partial charge is 0.185 e. The van der Waals surface area contributed by atoms with E-state index in [1.807, 2.05) is 60.7 Å². The lowest BCUT2D eigenvalue weighted by molar-refractivity contribution is -0.254. The van der Waals surface area contributed by atoms with Crippen LogP contribution < -0.4 is 5.73 Å². The van der Waals surface area contributed by atoms with Crippen molar-refractivity contribution in [2.24, 2.45) is 0 Å². The average Bonchev–Trinajstić information content (AvgIpc) is 2.39. The second-order valence-corrected chi connectivity index (χ2v) is 3.81. The molecule has 0 amide bonds. The Morgan fingerprint density at radius 1 is 0.941 bits per heavy atom. The van der Waals surface area contributed by atoms with Gasteiger partial charge in [0.2, 0.25) is 0 Å². The maximum atomic E-state index is 11.8. The third kappa shape index (κ3) is 3.13. The summed E-state index contributed by atoms with van der Waals surface area (Å²) in [6.45, 7) is 0. The van der Waals surface area contributed by atoms with Crippen LogP contribution in [0.25, 0.3) is 6.08 Å². The zero-order chi connectivity index (χ0) is 12.1. The number of quaternary nitrogens is 1. The highest BCUT2D eigenvalue weighted by Crippen LogP contribution is 2.07. The minimum atomic E-state index is 0.0179. The molecule has 2 nitrogen and oxygen atoms in total. The molecule has 0 aliphatic heterocycles. The van der Waals surface area contributed by atoms with Crippen molar-refractivity contribution < 1.29 is 10.5 Å². The fourth-order valence-electron chi connectivity index (χ4n) is 1.50. The normalized spacial score (nSPS) is 10.6. The highest BCUT2D eigenvalue weighted by atomic mass is 16.1. The molecule has 0 bridgehead atoms. The summed E-state index contributed by atoms with van der Waals surface area (Å²) in [5.41, 5.74) is 6.49. The zero-order valence-electron chi connectivity index (χ0n) is 9.47. The maximum Gasteiger partial charge on any atom is 0.185 e.